The topological polar surface area (TPSA) is 3.24 Å². The van der Waals surface area contributed by atoms with Crippen molar-refractivity contribution < 1.29 is 0 Å². The van der Waals surface area contributed by atoms with Crippen LogP contribution in [0.25, 0.3) is 0 Å². The first-order chi connectivity index (χ1) is 6.40. The second kappa shape index (κ2) is 4.45. The van der Waals surface area contributed by atoms with E-state index >= 15 is 0 Å². The quantitative estimate of drug-likeness (QED) is 0.633. The largest absolute Gasteiger partial charge is 0.300 e. The van der Waals surface area contributed by atoms with Gasteiger partial charge < -0.3 is 4.90 Å². The molecule has 2 atom stereocenters. The van der Waals surface area contributed by atoms with Crippen molar-refractivity contribution in [3.05, 3.63) is 0 Å². The summed E-state index contributed by atoms with van der Waals surface area (Å²) in [6.07, 6.45) is 10.3. The first-order valence-electron chi connectivity index (χ1n) is 6.14. The van der Waals surface area contributed by atoms with Gasteiger partial charge in [0, 0.05) is 6.04 Å². The van der Waals surface area contributed by atoms with Crippen LogP contribution in [0.2, 0.25) is 0 Å². The summed E-state index contributed by atoms with van der Waals surface area (Å²) in [5, 5.41) is 0. The van der Waals surface area contributed by atoms with E-state index in [0.717, 1.165) is 12.0 Å². The Balaban J connectivity index is 1.84. The molecule has 2 aliphatic heterocycles. The summed E-state index contributed by atoms with van der Waals surface area (Å²) >= 11 is 0. The number of piperidine rings is 2. The highest BCUT2D eigenvalue weighted by atomic mass is 15.2. The maximum Gasteiger partial charge on any atom is 0.00979 e. The second-order valence-corrected chi connectivity index (χ2v) is 4.86. The fourth-order valence-electron chi connectivity index (χ4n) is 3.14. The highest BCUT2D eigenvalue weighted by molar-refractivity contribution is 4.84. The van der Waals surface area contributed by atoms with Gasteiger partial charge in [0.05, 0.1) is 0 Å². The molecule has 0 N–H and O–H groups in total. The molecule has 76 valence electrons. The molecule has 0 aliphatic carbocycles. The summed E-state index contributed by atoms with van der Waals surface area (Å²) in [4.78, 5) is 2.75. The zero-order valence-corrected chi connectivity index (χ0v) is 8.97. The van der Waals surface area contributed by atoms with Crippen LogP contribution in [0.4, 0.5) is 0 Å². The molecule has 0 radical (unpaired) electrons. The minimum Gasteiger partial charge on any atom is -0.300 e. The van der Waals surface area contributed by atoms with E-state index in [0.29, 0.717) is 0 Å². The van der Waals surface area contributed by atoms with Gasteiger partial charge in [-0.25, -0.2) is 0 Å². The van der Waals surface area contributed by atoms with Crippen molar-refractivity contribution in [2.45, 2.75) is 57.9 Å². The van der Waals surface area contributed by atoms with Crippen molar-refractivity contribution >= 4 is 0 Å². The lowest BCUT2D eigenvalue weighted by atomic mass is 9.84. The van der Waals surface area contributed by atoms with Gasteiger partial charge in [0.2, 0.25) is 0 Å². The zero-order chi connectivity index (χ0) is 9.10. The van der Waals surface area contributed by atoms with Gasteiger partial charge in [-0.2, -0.15) is 0 Å². The molecule has 1 heteroatoms. The van der Waals surface area contributed by atoms with E-state index in [1.807, 2.05) is 0 Å². The third-order valence-electron chi connectivity index (χ3n) is 3.88. The van der Waals surface area contributed by atoms with Crippen molar-refractivity contribution in [3.63, 3.8) is 0 Å². The van der Waals surface area contributed by atoms with E-state index in [9.17, 15) is 0 Å². The number of fused-ring (bicyclic) bond motifs is 1. The first-order valence-corrected chi connectivity index (χ1v) is 6.14. The molecule has 2 fully saturated rings. The summed E-state index contributed by atoms with van der Waals surface area (Å²) < 4.78 is 0. The van der Waals surface area contributed by atoms with Crippen LogP contribution in [-0.2, 0) is 0 Å². The Labute approximate surface area is 82.5 Å². The van der Waals surface area contributed by atoms with E-state index in [4.69, 9.17) is 0 Å². The molecule has 0 aromatic rings. The fraction of sp³-hybridized carbons (Fsp3) is 1.00. The van der Waals surface area contributed by atoms with E-state index in [1.165, 1.54) is 58.0 Å². The zero-order valence-electron chi connectivity index (χ0n) is 8.97. The smallest absolute Gasteiger partial charge is 0.00979 e. The third kappa shape index (κ3) is 2.25. The van der Waals surface area contributed by atoms with E-state index in [2.05, 4.69) is 11.8 Å². The maximum atomic E-state index is 2.75. The lowest BCUT2D eigenvalue weighted by Gasteiger charge is -2.42. The lowest BCUT2D eigenvalue weighted by molar-refractivity contribution is 0.0759. The third-order valence-corrected chi connectivity index (χ3v) is 3.88. The Kier molecular flexibility index (Phi) is 3.26. The molecule has 0 saturated carbocycles. The predicted octanol–water partition coefficient (Wildman–Crippen LogP) is 3.05. The summed E-state index contributed by atoms with van der Waals surface area (Å²) in [6.45, 7) is 5.12. The predicted molar refractivity (Wildman–Crippen MR) is 56.8 cm³/mol. The molecule has 0 bridgehead atoms. The van der Waals surface area contributed by atoms with Crippen molar-refractivity contribution in [2.75, 3.05) is 13.1 Å². The van der Waals surface area contributed by atoms with Gasteiger partial charge in [0.1, 0.15) is 0 Å². The van der Waals surface area contributed by atoms with Gasteiger partial charge in [-0.3, -0.25) is 0 Å². The fourth-order valence-corrected chi connectivity index (χ4v) is 3.14. The Morgan fingerprint density at radius 1 is 1.15 bits per heavy atom. The summed E-state index contributed by atoms with van der Waals surface area (Å²) in [5.74, 6) is 1.06. The highest BCUT2D eigenvalue weighted by Gasteiger charge is 2.29. The number of rotatable bonds is 2. The van der Waals surface area contributed by atoms with Crippen LogP contribution < -0.4 is 0 Å². The van der Waals surface area contributed by atoms with Gasteiger partial charge in [-0.15, -0.1) is 0 Å². The van der Waals surface area contributed by atoms with Crippen LogP contribution in [0.15, 0.2) is 0 Å². The molecule has 1 nitrogen and oxygen atoms in total. The molecule has 2 aliphatic rings. The van der Waals surface area contributed by atoms with Gasteiger partial charge in [-0.1, -0.05) is 26.2 Å². The average molecular weight is 181 g/mol. The molecule has 0 spiro atoms. The second-order valence-electron chi connectivity index (χ2n) is 4.86. The van der Waals surface area contributed by atoms with Gasteiger partial charge >= 0.3 is 0 Å². The summed E-state index contributed by atoms with van der Waals surface area (Å²) in [7, 11) is 0. The van der Waals surface area contributed by atoms with E-state index in [1.54, 1.807) is 0 Å². The summed E-state index contributed by atoms with van der Waals surface area (Å²) in [6, 6.07) is 0.971. The minimum absolute atomic E-state index is 0.971. The van der Waals surface area contributed by atoms with Crippen LogP contribution in [0.5, 0.6) is 0 Å². The van der Waals surface area contributed by atoms with E-state index in [-0.39, 0.29) is 0 Å². The lowest BCUT2D eigenvalue weighted by Crippen LogP contribution is -2.45. The Morgan fingerprint density at radius 2 is 2.08 bits per heavy atom. The highest BCUT2D eigenvalue weighted by Crippen LogP contribution is 2.31. The molecular formula is C12H23N. The Hall–Kier alpha value is -0.0400. The number of hydrogen-bond acceptors (Lipinski definition) is 1. The molecule has 2 rings (SSSR count). The molecular weight excluding hydrogens is 158 g/mol. The van der Waals surface area contributed by atoms with Crippen molar-refractivity contribution in [1.82, 2.24) is 4.90 Å². The normalized spacial score (nSPS) is 35.8. The monoisotopic (exact) mass is 181 g/mol. The van der Waals surface area contributed by atoms with Crippen LogP contribution in [0, 0.1) is 5.92 Å². The van der Waals surface area contributed by atoms with Gasteiger partial charge in [0.25, 0.3) is 0 Å². The van der Waals surface area contributed by atoms with E-state index < -0.39 is 0 Å². The maximum absolute atomic E-state index is 2.75. The van der Waals surface area contributed by atoms with Gasteiger partial charge in [-0.05, 0) is 44.7 Å². The number of nitrogens with zero attached hydrogens (tertiary/aromatic N) is 1. The Morgan fingerprint density at radius 3 is 2.92 bits per heavy atom. The standard InChI is InChI=1S/C12H23N/c1-2-5-11-7-9-13-8-4-3-6-12(13)10-11/h11-12H,2-10H2,1H3. The first kappa shape index (κ1) is 9.51. The van der Waals surface area contributed by atoms with Crippen LogP contribution in [0.1, 0.15) is 51.9 Å². The molecule has 2 heterocycles. The Bertz CT molecular complexity index is 155. The molecule has 0 aromatic heterocycles. The van der Waals surface area contributed by atoms with Crippen LogP contribution in [0.3, 0.4) is 0 Å². The molecule has 0 aromatic carbocycles. The average Bonchev–Trinajstić information content (AvgIpc) is 2.18. The van der Waals surface area contributed by atoms with Crippen molar-refractivity contribution in [1.29, 1.82) is 0 Å². The molecule has 2 saturated heterocycles. The van der Waals surface area contributed by atoms with Crippen molar-refractivity contribution in [3.8, 4) is 0 Å². The van der Waals surface area contributed by atoms with Crippen molar-refractivity contribution in [2.24, 2.45) is 5.92 Å². The van der Waals surface area contributed by atoms with Crippen LogP contribution in [-0.4, -0.2) is 24.0 Å². The summed E-state index contributed by atoms with van der Waals surface area (Å²) in [5.41, 5.74) is 0. The minimum atomic E-state index is 0.971. The molecule has 2 unspecified atom stereocenters. The molecule has 0 amide bonds. The number of hydrogen-bond donors (Lipinski definition) is 0. The molecule has 13 heavy (non-hydrogen) atoms. The SMILES string of the molecule is CCCC1CCN2CCCCC2C1. The van der Waals surface area contributed by atoms with Gasteiger partial charge in [0.15, 0.2) is 0 Å². The van der Waals surface area contributed by atoms with Crippen LogP contribution >= 0.6 is 0 Å².